The lowest BCUT2D eigenvalue weighted by Gasteiger charge is -2.31. The van der Waals surface area contributed by atoms with Crippen LogP contribution < -0.4 is 15.5 Å². The predicted octanol–water partition coefficient (Wildman–Crippen LogP) is 4.06. The fourth-order valence-corrected chi connectivity index (χ4v) is 6.61. The third-order valence-electron chi connectivity index (χ3n) is 9.47. The summed E-state index contributed by atoms with van der Waals surface area (Å²) in [6.07, 6.45) is 12.9. The Morgan fingerprint density at radius 2 is 1.81 bits per heavy atom. The number of aldehydes is 1. The zero-order valence-corrected chi connectivity index (χ0v) is 27.5. The molecule has 0 saturated carbocycles. The molecule has 7 rings (SSSR count). The Balaban J connectivity index is 0.000000191. The number of anilines is 3. The van der Waals surface area contributed by atoms with E-state index in [9.17, 15) is 14.0 Å². The maximum Gasteiger partial charge on any atom is 0.338 e. The van der Waals surface area contributed by atoms with Crippen molar-refractivity contribution in [3.8, 4) is 11.1 Å². The Labute approximate surface area is 279 Å². The van der Waals surface area contributed by atoms with Crippen LogP contribution in [0, 0.1) is 11.7 Å². The van der Waals surface area contributed by atoms with Gasteiger partial charge in [-0.1, -0.05) is 6.07 Å². The average Bonchev–Trinajstić information content (AvgIpc) is 3.70. The summed E-state index contributed by atoms with van der Waals surface area (Å²) in [5.74, 6) is 0.472. The number of aryl methyl sites for hydroxylation is 1. The van der Waals surface area contributed by atoms with Crippen LogP contribution in [0.15, 0.2) is 43.0 Å². The van der Waals surface area contributed by atoms with Gasteiger partial charge in [-0.05, 0) is 69.4 Å². The molecule has 254 valence electrons. The zero-order valence-electron chi connectivity index (χ0n) is 27.5. The number of nitrogens with zero attached hydrogens (tertiary/aromatic N) is 8. The molecule has 0 radical (unpaired) electrons. The summed E-state index contributed by atoms with van der Waals surface area (Å²) in [5.41, 5.74) is 4.70. The molecule has 0 aliphatic carbocycles. The molecule has 48 heavy (non-hydrogen) atoms. The number of likely N-dealkylation sites (tertiary alicyclic amines) is 1. The molecule has 4 aromatic rings. The van der Waals surface area contributed by atoms with Crippen molar-refractivity contribution in [3.05, 3.63) is 65.6 Å². The highest BCUT2D eigenvalue weighted by Crippen LogP contribution is 2.33. The van der Waals surface area contributed by atoms with Crippen molar-refractivity contribution in [2.75, 3.05) is 50.0 Å². The van der Waals surface area contributed by atoms with Gasteiger partial charge in [-0.3, -0.25) is 9.36 Å². The van der Waals surface area contributed by atoms with Gasteiger partial charge < -0.3 is 30.3 Å². The van der Waals surface area contributed by atoms with Gasteiger partial charge >= 0.3 is 5.97 Å². The molecular formula is C34H43FN10O3. The Bertz CT molecular complexity index is 1710. The smallest absolute Gasteiger partial charge is 0.338 e. The molecule has 3 aliphatic heterocycles. The highest BCUT2D eigenvalue weighted by molar-refractivity contribution is 5.86. The number of nitrogens with one attached hydrogen (secondary N) is 2. The van der Waals surface area contributed by atoms with Crippen LogP contribution in [-0.4, -0.2) is 91.6 Å². The fourth-order valence-electron chi connectivity index (χ4n) is 6.61. The van der Waals surface area contributed by atoms with Crippen LogP contribution in [0.1, 0.15) is 59.8 Å². The normalized spacial score (nSPS) is 17.4. The zero-order chi connectivity index (χ0) is 33.6. The van der Waals surface area contributed by atoms with Crippen molar-refractivity contribution in [2.24, 2.45) is 13.0 Å². The van der Waals surface area contributed by atoms with Crippen LogP contribution in [0.3, 0.4) is 0 Å². The van der Waals surface area contributed by atoms with E-state index in [4.69, 9.17) is 10.2 Å². The Hall–Kier alpha value is -4.69. The van der Waals surface area contributed by atoms with Crippen molar-refractivity contribution >= 4 is 29.7 Å². The number of hydrogen-bond donors (Lipinski definition) is 3. The summed E-state index contributed by atoms with van der Waals surface area (Å²) in [5, 5.41) is 24.6. The summed E-state index contributed by atoms with van der Waals surface area (Å²) in [6, 6.07) is 5.68. The molecule has 6 heterocycles. The van der Waals surface area contributed by atoms with E-state index in [1.165, 1.54) is 18.1 Å². The number of carboxylic acids is 1. The van der Waals surface area contributed by atoms with Crippen LogP contribution in [0.25, 0.3) is 11.1 Å². The van der Waals surface area contributed by atoms with Crippen molar-refractivity contribution in [2.45, 2.75) is 51.1 Å². The topological polar surface area (TPSA) is 146 Å². The van der Waals surface area contributed by atoms with E-state index < -0.39 is 5.97 Å². The molecule has 13 nitrogen and oxygen atoms in total. The molecule has 14 heteroatoms. The third kappa shape index (κ3) is 7.71. The van der Waals surface area contributed by atoms with Crippen molar-refractivity contribution in [1.29, 1.82) is 0 Å². The second kappa shape index (κ2) is 15.0. The molecular weight excluding hydrogens is 615 g/mol. The quantitative estimate of drug-likeness (QED) is 0.236. The van der Waals surface area contributed by atoms with Crippen molar-refractivity contribution in [1.82, 2.24) is 39.7 Å². The molecule has 2 saturated heterocycles. The van der Waals surface area contributed by atoms with Gasteiger partial charge in [0.05, 0.1) is 23.5 Å². The van der Waals surface area contributed by atoms with Crippen molar-refractivity contribution < 1.29 is 19.1 Å². The molecule has 0 spiro atoms. The van der Waals surface area contributed by atoms with E-state index in [1.54, 1.807) is 23.0 Å². The standard InChI is InChI=1S/C22H28FN7.C12H15N3O3/c1-28-9-6-17(7-10-28)30-21-5-8-24-13-18(21)22(27-30)26-20-4-3-15(11-19(20)23)16-12-25-29(2)14-16;16-6-3-9-1-4-15(5-2-9)12-13-7-10(8-14-12)11(17)18/h3-4,11-12,14,17,24H,5-10,13H2,1-2H3,(H,26,27);6-9H,1-5H2,(H,17,18). The number of piperidine rings is 2. The van der Waals surface area contributed by atoms with E-state index >= 15 is 0 Å². The van der Waals surface area contributed by atoms with Gasteiger partial charge in [0, 0.05) is 81.5 Å². The lowest BCUT2D eigenvalue weighted by Crippen LogP contribution is -2.35. The predicted molar refractivity (Wildman–Crippen MR) is 180 cm³/mol. The summed E-state index contributed by atoms with van der Waals surface area (Å²) >= 11 is 0. The largest absolute Gasteiger partial charge is 0.478 e. The highest BCUT2D eigenvalue weighted by Gasteiger charge is 2.27. The van der Waals surface area contributed by atoms with Gasteiger partial charge in [0.1, 0.15) is 12.1 Å². The summed E-state index contributed by atoms with van der Waals surface area (Å²) in [6.45, 7) is 5.52. The number of benzene rings is 1. The second-order valence-corrected chi connectivity index (χ2v) is 12.8. The SMILES string of the molecule is CN1CCC(n2nc(Nc3ccc(-c4cnn(C)c4)cc3F)c3c2CCNC3)CC1.O=CCC1CCN(c2ncc(C(=O)O)cn2)CC1. The van der Waals surface area contributed by atoms with Gasteiger partial charge in [-0.2, -0.15) is 10.2 Å². The molecule has 3 aromatic heterocycles. The minimum absolute atomic E-state index is 0.0922. The van der Waals surface area contributed by atoms with Gasteiger partial charge in [0.2, 0.25) is 5.95 Å². The van der Waals surface area contributed by atoms with Crippen LogP contribution in [-0.2, 0) is 24.8 Å². The molecule has 0 bridgehead atoms. The average molecular weight is 659 g/mol. The summed E-state index contributed by atoms with van der Waals surface area (Å²) in [7, 11) is 4.03. The van der Waals surface area contributed by atoms with Crippen LogP contribution in [0.4, 0.5) is 21.8 Å². The lowest BCUT2D eigenvalue weighted by atomic mass is 9.94. The number of fused-ring (bicyclic) bond motifs is 1. The van der Waals surface area contributed by atoms with E-state index in [0.717, 1.165) is 100 Å². The first-order valence-corrected chi connectivity index (χ1v) is 16.6. The number of rotatable bonds is 8. The van der Waals surface area contributed by atoms with Gasteiger partial charge in [-0.15, -0.1) is 0 Å². The first-order chi connectivity index (χ1) is 23.3. The lowest BCUT2D eigenvalue weighted by molar-refractivity contribution is -0.108. The minimum atomic E-state index is -1.02. The number of carbonyl (C=O) groups excluding carboxylic acids is 1. The monoisotopic (exact) mass is 658 g/mol. The van der Waals surface area contributed by atoms with Gasteiger partial charge in [0.15, 0.2) is 5.82 Å². The van der Waals surface area contributed by atoms with Crippen molar-refractivity contribution in [3.63, 3.8) is 0 Å². The van der Waals surface area contributed by atoms with Crippen LogP contribution in [0.5, 0.6) is 0 Å². The van der Waals surface area contributed by atoms with Gasteiger partial charge in [-0.25, -0.2) is 19.2 Å². The first kappa shape index (κ1) is 33.2. The van der Waals surface area contributed by atoms with Crippen LogP contribution in [0.2, 0.25) is 0 Å². The Morgan fingerprint density at radius 1 is 1.06 bits per heavy atom. The Morgan fingerprint density at radius 3 is 2.46 bits per heavy atom. The number of aromatic nitrogens is 6. The summed E-state index contributed by atoms with van der Waals surface area (Å²) in [4.78, 5) is 33.6. The van der Waals surface area contributed by atoms with E-state index in [0.29, 0.717) is 30.0 Å². The Kier molecular flexibility index (Phi) is 10.4. The molecule has 0 unspecified atom stereocenters. The van der Waals surface area contributed by atoms with E-state index in [1.807, 2.05) is 24.2 Å². The molecule has 0 atom stereocenters. The third-order valence-corrected chi connectivity index (χ3v) is 9.47. The second-order valence-electron chi connectivity index (χ2n) is 12.8. The first-order valence-electron chi connectivity index (χ1n) is 16.6. The maximum atomic E-state index is 14.9. The number of hydrogen-bond acceptors (Lipinski definition) is 10. The maximum absolute atomic E-state index is 14.9. The molecule has 2 fully saturated rings. The fraction of sp³-hybridized carbons (Fsp3) is 0.471. The number of halogens is 1. The van der Waals surface area contributed by atoms with E-state index in [-0.39, 0.29) is 11.4 Å². The minimum Gasteiger partial charge on any atom is -0.478 e. The molecule has 1 aromatic carbocycles. The highest BCUT2D eigenvalue weighted by atomic mass is 19.1. The van der Waals surface area contributed by atoms with Gasteiger partial charge in [0.25, 0.3) is 0 Å². The number of carbonyl (C=O) groups is 2. The summed E-state index contributed by atoms with van der Waals surface area (Å²) < 4.78 is 18.9. The molecule has 0 amide bonds. The number of carboxylic acid groups (broad SMARTS) is 1. The van der Waals surface area contributed by atoms with Crippen LogP contribution >= 0.6 is 0 Å². The molecule has 3 aliphatic rings. The molecule has 3 N–H and O–H groups in total. The number of aromatic carboxylic acids is 1. The van der Waals surface area contributed by atoms with E-state index in [2.05, 4.69) is 42.3 Å².